The van der Waals surface area contributed by atoms with Crippen LogP contribution in [0.2, 0.25) is 0 Å². The Kier molecular flexibility index (Phi) is 1.19. The van der Waals surface area contributed by atoms with Crippen LogP contribution < -0.4 is 0 Å². The minimum atomic E-state index is 0.375. The highest BCUT2D eigenvalue weighted by molar-refractivity contribution is 5.51. The Labute approximate surface area is 88.4 Å². The molecule has 1 heterocycles. The first-order valence-electron chi connectivity index (χ1n) is 5.47. The second kappa shape index (κ2) is 2.32. The van der Waals surface area contributed by atoms with E-state index in [0.29, 0.717) is 5.41 Å². The molecule has 1 aromatic carbocycles. The minimum absolute atomic E-state index is 0.375. The summed E-state index contributed by atoms with van der Waals surface area (Å²) in [5.74, 6) is 0.745. The molecule has 0 aliphatic heterocycles. The highest BCUT2D eigenvalue weighted by Gasteiger charge is 2.61. The van der Waals surface area contributed by atoms with E-state index in [2.05, 4.69) is 34.2 Å². The third-order valence-electron chi connectivity index (χ3n) is 4.05. The van der Waals surface area contributed by atoms with E-state index >= 15 is 0 Å². The maximum Gasteiger partial charge on any atom is 0.0921 e. The van der Waals surface area contributed by atoms with E-state index in [1.165, 1.54) is 24.1 Å². The lowest BCUT2D eigenvalue weighted by molar-refractivity contribution is 0.679. The van der Waals surface area contributed by atoms with Crippen molar-refractivity contribution in [1.82, 2.24) is 9.97 Å². The molecular weight excluding hydrogens is 184 g/mol. The lowest BCUT2D eigenvalue weighted by atomic mass is 9.98. The van der Waals surface area contributed by atoms with Gasteiger partial charge in [0, 0.05) is 17.3 Å². The molecule has 1 saturated carbocycles. The molecule has 2 atom stereocenters. The highest BCUT2D eigenvalue weighted by Crippen LogP contribution is 2.66. The topological polar surface area (TPSA) is 28.7 Å². The van der Waals surface area contributed by atoms with E-state index in [1.54, 1.807) is 11.9 Å². The Morgan fingerprint density at radius 3 is 3.07 bits per heavy atom. The molecule has 0 bridgehead atoms. The molecule has 2 aliphatic carbocycles. The largest absolute Gasteiger partial charge is 0.348 e. The highest BCUT2D eigenvalue weighted by atomic mass is 14.9. The summed E-state index contributed by atoms with van der Waals surface area (Å²) in [5.41, 5.74) is 4.79. The van der Waals surface area contributed by atoms with Crippen LogP contribution in [0, 0.1) is 0 Å². The van der Waals surface area contributed by atoms with Crippen LogP contribution in [0.4, 0.5) is 0 Å². The first kappa shape index (κ1) is 7.69. The molecule has 0 amide bonds. The number of aromatic amines is 1. The van der Waals surface area contributed by atoms with Crippen molar-refractivity contribution < 1.29 is 0 Å². The number of imidazole rings is 1. The second-order valence-corrected chi connectivity index (χ2v) is 4.75. The van der Waals surface area contributed by atoms with Crippen molar-refractivity contribution in [3.8, 4) is 0 Å². The van der Waals surface area contributed by atoms with Gasteiger partial charge in [0.1, 0.15) is 0 Å². The molecule has 2 heteroatoms. The zero-order valence-electron chi connectivity index (χ0n) is 8.40. The summed E-state index contributed by atoms with van der Waals surface area (Å²) in [4.78, 5) is 7.43. The Morgan fingerprint density at radius 1 is 1.33 bits per heavy atom. The predicted octanol–water partition coefficient (Wildman–Crippen LogP) is 2.39. The quantitative estimate of drug-likeness (QED) is 0.745. The predicted molar refractivity (Wildman–Crippen MR) is 57.8 cm³/mol. The number of rotatable bonds is 1. The maximum atomic E-state index is 4.15. The van der Waals surface area contributed by atoms with Crippen molar-refractivity contribution in [2.45, 2.75) is 24.2 Å². The lowest BCUT2D eigenvalue weighted by Crippen LogP contribution is -2.08. The molecular formula is C13H12N2. The zero-order chi connectivity index (χ0) is 9.88. The number of nitrogens with one attached hydrogen (secondary N) is 1. The van der Waals surface area contributed by atoms with Gasteiger partial charge in [-0.3, -0.25) is 0 Å². The van der Waals surface area contributed by atoms with Gasteiger partial charge in [0.25, 0.3) is 0 Å². The second-order valence-electron chi connectivity index (χ2n) is 4.75. The molecule has 0 radical (unpaired) electrons. The monoisotopic (exact) mass is 196 g/mol. The van der Waals surface area contributed by atoms with Gasteiger partial charge in [-0.1, -0.05) is 24.3 Å². The van der Waals surface area contributed by atoms with Gasteiger partial charge >= 0.3 is 0 Å². The van der Waals surface area contributed by atoms with Crippen molar-refractivity contribution in [3.63, 3.8) is 0 Å². The van der Waals surface area contributed by atoms with Crippen molar-refractivity contribution in [1.29, 1.82) is 0 Å². The van der Waals surface area contributed by atoms with E-state index < -0.39 is 0 Å². The number of hydrogen-bond acceptors (Lipinski definition) is 1. The molecule has 2 aromatic rings. The Hall–Kier alpha value is -1.57. The summed E-state index contributed by atoms with van der Waals surface area (Å²) in [5, 5.41) is 0. The minimum Gasteiger partial charge on any atom is -0.348 e. The fourth-order valence-electron chi connectivity index (χ4n) is 3.20. The summed E-state index contributed by atoms with van der Waals surface area (Å²) in [6.07, 6.45) is 6.27. The molecule has 2 nitrogen and oxygen atoms in total. The van der Waals surface area contributed by atoms with Crippen LogP contribution in [0.3, 0.4) is 0 Å². The van der Waals surface area contributed by atoms with Crippen LogP contribution in [0.5, 0.6) is 0 Å². The molecule has 4 rings (SSSR count). The fourth-order valence-corrected chi connectivity index (χ4v) is 3.20. The van der Waals surface area contributed by atoms with Gasteiger partial charge in [-0.25, -0.2) is 4.98 Å². The Bertz CT molecular complexity index is 515. The van der Waals surface area contributed by atoms with Gasteiger partial charge in [0.2, 0.25) is 0 Å². The lowest BCUT2D eigenvalue weighted by Gasteiger charge is -2.08. The van der Waals surface area contributed by atoms with Crippen molar-refractivity contribution in [3.05, 3.63) is 53.6 Å². The smallest absolute Gasteiger partial charge is 0.0921 e. The Balaban J connectivity index is 1.84. The number of H-pyrrole nitrogens is 1. The molecule has 0 spiro atoms. The molecule has 1 N–H and O–H groups in total. The van der Waals surface area contributed by atoms with E-state index in [-0.39, 0.29) is 0 Å². The standard InChI is InChI=1S/C13H12N2/c1-2-4-10-9(3-1)5-13(6-11(10)13)12-7-14-8-15-12/h1-4,7-8,11H,5-6H2,(H,14,15)/t11-,13+/m0/s1. The average Bonchev–Trinajstić information content (AvgIpc) is 2.70. The van der Waals surface area contributed by atoms with Gasteiger partial charge in [0.15, 0.2) is 0 Å². The van der Waals surface area contributed by atoms with E-state index in [9.17, 15) is 0 Å². The van der Waals surface area contributed by atoms with Gasteiger partial charge in [-0.15, -0.1) is 0 Å². The number of fused-ring (bicyclic) bond motifs is 3. The van der Waals surface area contributed by atoms with Crippen LogP contribution >= 0.6 is 0 Å². The van der Waals surface area contributed by atoms with E-state index in [0.717, 1.165) is 5.92 Å². The third kappa shape index (κ3) is 0.827. The zero-order valence-corrected chi connectivity index (χ0v) is 8.40. The SMILES string of the molecule is c1ccc2c(c1)C[C@@]1(c3cnc[nH]3)C[C@@H]21. The molecule has 2 aliphatic rings. The third-order valence-corrected chi connectivity index (χ3v) is 4.05. The molecule has 1 aromatic heterocycles. The normalized spacial score (nSPS) is 31.1. The van der Waals surface area contributed by atoms with E-state index in [1.807, 2.05) is 6.20 Å². The number of nitrogens with zero attached hydrogens (tertiary/aromatic N) is 1. The first-order valence-corrected chi connectivity index (χ1v) is 5.47. The fraction of sp³-hybridized carbons (Fsp3) is 0.308. The number of hydrogen-bond donors (Lipinski definition) is 1. The first-order chi connectivity index (χ1) is 7.40. The van der Waals surface area contributed by atoms with Gasteiger partial charge in [0.05, 0.1) is 6.33 Å². The molecule has 0 unspecified atom stereocenters. The molecule has 74 valence electrons. The van der Waals surface area contributed by atoms with Crippen LogP contribution in [-0.2, 0) is 11.8 Å². The van der Waals surface area contributed by atoms with Crippen LogP contribution in [-0.4, -0.2) is 9.97 Å². The van der Waals surface area contributed by atoms with Gasteiger partial charge in [-0.2, -0.15) is 0 Å². The van der Waals surface area contributed by atoms with Crippen molar-refractivity contribution >= 4 is 0 Å². The van der Waals surface area contributed by atoms with Gasteiger partial charge < -0.3 is 4.98 Å². The molecule has 15 heavy (non-hydrogen) atoms. The summed E-state index contributed by atoms with van der Waals surface area (Å²) in [6.45, 7) is 0. The number of benzene rings is 1. The van der Waals surface area contributed by atoms with Crippen LogP contribution in [0.1, 0.15) is 29.2 Å². The Morgan fingerprint density at radius 2 is 2.27 bits per heavy atom. The maximum absolute atomic E-state index is 4.15. The van der Waals surface area contributed by atoms with Crippen LogP contribution in [0.15, 0.2) is 36.8 Å². The number of aromatic nitrogens is 2. The van der Waals surface area contributed by atoms with Crippen LogP contribution in [0.25, 0.3) is 0 Å². The molecule has 0 saturated heterocycles. The summed E-state index contributed by atoms with van der Waals surface area (Å²) in [6, 6.07) is 8.84. The van der Waals surface area contributed by atoms with E-state index in [4.69, 9.17) is 0 Å². The van der Waals surface area contributed by atoms with Gasteiger partial charge in [-0.05, 0) is 29.9 Å². The van der Waals surface area contributed by atoms with Crippen molar-refractivity contribution in [2.75, 3.05) is 0 Å². The average molecular weight is 196 g/mol. The molecule has 1 fully saturated rings. The summed E-state index contributed by atoms with van der Waals surface area (Å²) >= 11 is 0. The van der Waals surface area contributed by atoms with Crippen molar-refractivity contribution in [2.24, 2.45) is 0 Å². The summed E-state index contributed by atoms with van der Waals surface area (Å²) in [7, 11) is 0. The summed E-state index contributed by atoms with van der Waals surface area (Å²) < 4.78 is 0.